The zero-order valence-electron chi connectivity index (χ0n) is 12.0. The van der Waals surface area contributed by atoms with Crippen LogP contribution in [0.2, 0.25) is 0 Å². The van der Waals surface area contributed by atoms with E-state index in [1.807, 2.05) is 0 Å². The minimum atomic E-state index is 0.452. The highest BCUT2D eigenvalue weighted by Gasteiger charge is 2.21. The Balaban J connectivity index is 1.76. The molecule has 106 valence electrons. The summed E-state index contributed by atoms with van der Waals surface area (Å²) in [5.74, 6) is 0.704. The molecule has 1 aromatic heterocycles. The summed E-state index contributed by atoms with van der Waals surface area (Å²) in [6.07, 6.45) is 2.49. The first kappa shape index (κ1) is 12.4. The highest BCUT2D eigenvalue weighted by atomic mass is 15.3. The molecule has 3 heterocycles. The second-order valence-corrected chi connectivity index (χ2v) is 6.17. The van der Waals surface area contributed by atoms with Gasteiger partial charge in [-0.2, -0.15) is 5.10 Å². The third kappa shape index (κ3) is 1.95. The molecule has 20 heavy (non-hydrogen) atoms. The molecule has 2 N–H and O–H groups in total. The molecule has 2 aliphatic heterocycles. The number of hydrogen-bond donors (Lipinski definition) is 2. The topological polar surface area (TPSA) is 41.9 Å². The summed E-state index contributed by atoms with van der Waals surface area (Å²) < 4.78 is 2.22. The summed E-state index contributed by atoms with van der Waals surface area (Å²) in [4.78, 5) is 0. The molecule has 4 heteroatoms. The lowest BCUT2D eigenvalue weighted by Crippen LogP contribution is -2.31. The summed E-state index contributed by atoms with van der Waals surface area (Å²) in [7, 11) is 0. The predicted molar refractivity (Wildman–Crippen MR) is 81.0 cm³/mol. The van der Waals surface area contributed by atoms with Crippen molar-refractivity contribution >= 4 is 10.9 Å². The van der Waals surface area contributed by atoms with Crippen molar-refractivity contribution in [3.05, 3.63) is 29.5 Å². The SMILES string of the molecule is CC1CNCc2c3ccc(C4CCNCC4)cc3nn21. The number of aromatic nitrogens is 2. The van der Waals surface area contributed by atoms with E-state index in [9.17, 15) is 0 Å². The molecule has 0 spiro atoms. The van der Waals surface area contributed by atoms with E-state index in [0.29, 0.717) is 12.0 Å². The van der Waals surface area contributed by atoms with Gasteiger partial charge in [0.2, 0.25) is 0 Å². The third-order valence-corrected chi connectivity index (χ3v) is 4.78. The van der Waals surface area contributed by atoms with Crippen molar-refractivity contribution in [2.24, 2.45) is 0 Å². The highest BCUT2D eigenvalue weighted by molar-refractivity contribution is 5.82. The molecule has 2 aliphatic rings. The van der Waals surface area contributed by atoms with Gasteiger partial charge < -0.3 is 10.6 Å². The van der Waals surface area contributed by atoms with Crippen molar-refractivity contribution < 1.29 is 0 Å². The first-order valence-corrected chi connectivity index (χ1v) is 7.75. The Kier molecular flexibility index (Phi) is 3.00. The maximum Gasteiger partial charge on any atom is 0.0929 e. The van der Waals surface area contributed by atoms with Crippen LogP contribution in [0.1, 0.15) is 43.0 Å². The van der Waals surface area contributed by atoms with Crippen LogP contribution < -0.4 is 10.6 Å². The Morgan fingerprint density at radius 3 is 2.90 bits per heavy atom. The summed E-state index contributed by atoms with van der Waals surface area (Å²) in [5, 5.41) is 13.1. The number of nitrogens with one attached hydrogen (secondary N) is 2. The number of fused-ring (bicyclic) bond motifs is 3. The fourth-order valence-corrected chi connectivity index (χ4v) is 3.61. The van der Waals surface area contributed by atoms with Gasteiger partial charge in [-0.1, -0.05) is 12.1 Å². The number of benzene rings is 1. The lowest BCUT2D eigenvalue weighted by molar-refractivity contribution is 0.395. The van der Waals surface area contributed by atoms with Gasteiger partial charge in [-0.3, -0.25) is 4.68 Å². The van der Waals surface area contributed by atoms with Gasteiger partial charge in [0.1, 0.15) is 0 Å². The third-order valence-electron chi connectivity index (χ3n) is 4.78. The van der Waals surface area contributed by atoms with Crippen molar-refractivity contribution in [1.29, 1.82) is 0 Å². The standard InChI is InChI=1S/C16H22N4/c1-11-9-18-10-16-14-3-2-13(8-15(14)19-20(11)16)12-4-6-17-7-5-12/h2-3,8,11-12,17-18H,4-7,9-10H2,1H3. The molecule has 1 fully saturated rings. The van der Waals surface area contributed by atoms with Crippen molar-refractivity contribution in [2.75, 3.05) is 19.6 Å². The van der Waals surface area contributed by atoms with Crippen molar-refractivity contribution in [1.82, 2.24) is 20.4 Å². The van der Waals surface area contributed by atoms with E-state index in [2.05, 4.69) is 40.4 Å². The van der Waals surface area contributed by atoms with Gasteiger partial charge in [0, 0.05) is 18.5 Å². The van der Waals surface area contributed by atoms with Crippen molar-refractivity contribution in [3.63, 3.8) is 0 Å². The van der Waals surface area contributed by atoms with Gasteiger partial charge in [-0.25, -0.2) is 0 Å². The van der Waals surface area contributed by atoms with Gasteiger partial charge in [0.15, 0.2) is 0 Å². The molecule has 4 nitrogen and oxygen atoms in total. The maximum atomic E-state index is 4.85. The molecule has 1 aromatic carbocycles. The molecule has 0 aliphatic carbocycles. The number of hydrogen-bond acceptors (Lipinski definition) is 3. The molecule has 0 radical (unpaired) electrons. The number of nitrogens with zero attached hydrogens (tertiary/aromatic N) is 2. The maximum absolute atomic E-state index is 4.85. The van der Waals surface area contributed by atoms with E-state index in [1.54, 1.807) is 0 Å². The van der Waals surface area contributed by atoms with Crippen LogP contribution in [0.4, 0.5) is 0 Å². The van der Waals surface area contributed by atoms with Crippen molar-refractivity contribution in [3.8, 4) is 0 Å². The van der Waals surface area contributed by atoms with E-state index in [4.69, 9.17) is 5.10 Å². The van der Waals surface area contributed by atoms with Crippen LogP contribution in [0.3, 0.4) is 0 Å². The Bertz CT molecular complexity index is 625. The smallest absolute Gasteiger partial charge is 0.0929 e. The van der Waals surface area contributed by atoms with Crippen LogP contribution in [-0.4, -0.2) is 29.4 Å². The molecule has 1 atom stereocenters. The van der Waals surface area contributed by atoms with E-state index >= 15 is 0 Å². The van der Waals surface area contributed by atoms with E-state index in [0.717, 1.165) is 26.2 Å². The first-order chi connectivity index (χ1) is 9.83. The Hall–Kier alpha value is -1.39. The number of rotatable bonds is 1. The summed E-state index contributed by atoms with van der Waals surface area (Å²) >= 11 is 0. The monoisotopic (exact) mass is 270 g/mol. The lowest BCUT2D eigenvalue weighted by Gasteiger charge is -2.23. The van der Waals surface area contributed by atoms with Crippen LogP contribution in [-0.2, 0) is 6.54 Å². The number of piperidine rings is 1. The van der Waals surface area contributed by atoms with Crippen LogP contribution in [0.25, 0.3) is 10.9 Å². The van der Waals surface area contributed by atoms with Crippen LogP contribution in [0, 0.1) is 0 Å². The normalized spacial score (nSPS) is 23.9. The van der Waals surface area contributed by atoms with Gasteiger partial charge in [0.25, 0.3) is 0 Å². The Labute approximate surface area is 119 Å². The van der Waals surface area contributed by atoms with Crippen LogP contribution in [0.5, 0.6) is 0 Å². The predicted octanol–water partition coefficient (Wildman–Crippen LogP) is 2.17. The fraction of sp³-hybridized carbons (Fsp3) is 0.562. The van der Waals surface area contributed by atoms with Crippen LogP contribution in [0.15, 0.2) is 18.2 Å². The molecular weight excluding hydrogens is 248 g/mol. The van der Waals surface area contributed by atoms with Gasteiger partial charge in [0.05, 0.1) is 17.3 Å². The molecule has 0 bridgehead atoms. The second kappa shape index (κ2) is 4.86. The summed E-state index contributed by atoms with van der Waals surface area (Å²) in [5.41, 5.74) is 3.98. The average molecular weight is 270 g/mol. The first-order valence-electron chi connectivity index (χ1n) is 7.75. The molecule has 4 rings (SSSR count). The molecule has 0 amide bonds. The minimum Gasteiger partial charge on any atom is -0.317 e. The molecular formula is C16H22N4. The second-order valence-electron chi connectivity index (χ2n) is 6.17. The lowest BCUT2D eigenvalue weighted by atomic mass is 9.90. The van der Waals surface area contributed by atoms with E-state index in [-0.39, 0.29) is 0 Å². The zero-order valence-corrected chi connectivity index (χ0v) is 12.0. The molecule has 1 saturated heterocycles. The molecule has 2 aromatic rings. The van der Waals surface area contributed by atoms with Gasteiger partial charge >= 0.3 is 0 Å². The largest absolute Gasteiger partial charge is 0.317 e. The Morgan fingerprint density at radius 2 is 2.05 bits per heavy atom. The Morgan fingerprint density at radius 1 is 1.20 bits per heavy atom. The zero-order chi connectivity index (χ0) is 13.5. The van der Waals surface area contributed by atoms with Gasteiger partial charge in [-0.05, 0) is 50.4 Å². The quantitative estimate of drug-likeness (QED) is 0.834. The van der Waals surface area contributed by atoms with Crippen LogP contribution >= 0.6 is 0 Å². The molecule has 0 saturated carbocycles. The van der Waals surface area contributed by atoms with Gasteiger partial charge in [-0.15, -0.1) is 0 Å². The highest BCUT2D eigenvalue weighted by Crippen LogP contribution is 2.30. The van der Waals surface area contributed by atoms with Crippen molar-refractivity contribution in [2.45, 2.75) is 38.3 Å². The van der Waals surface area contributed by atoms with E-state index in [1.165, 1.54) is 35.0 Å². The molecule has 1 unspecified atom stereocenters. The van der Waals surface area contributed by atoms with E-state index < -0.39 is 0 Å². The fourth-order valence-electron chi connectivity index (χ4n) is 3.61. The summed E-state index contributed by atoms with van der Waals surface area (Å²) in [6, 6.07) is 7.38. The minimum absolute atomic E-state index is 0.452. The average Bonchev–Trinajstić information content (AvgIpc) is 2.87. The summed E-state index contributed by atoms with van der Waals surface area (Å²) in [6.45, 7) is 6.47.